The first-order chi connectivity index (χ1) is 32.4. The van der Waals surface area contributed by atoms with Gasteiger partial charge in [0.25, 0.3) is 5.91 Å². The number of hydrogen-bond donors (Lipinski definition) is 4. The van der Waals surface area contributed by atoms with E-state index in [1.54, 1.807) is 34.8 Å². The van der Waals surface area contributed by atoms with Crippen molar-refractivity contribution in [2.45, 2.75) is 126 Å². The van der Waals surface area contributed by atoms with Gasteiger partial charge in [-0.2, -0.15) is 0 Å². The number of amides is 1. The van der Waals surface area contributed by atoms with E-state index in [9.17, 15) is 14.8 Å². The Morgan fingerprint density at radius 1 is 1.07 bits per heavy atom. The second-order valence-electron chi connectivity index (χ2n) is 21.1. The van der Waals surface area contributed by atoms with E-state index in [2.05, 4.69) is 28.2 Å². The number of aromatic nitrogens is 1. The first-order valence-electron chi connectivity index (χ1n) is 24.8. The lowest BCUT2D eigenvalue weighted by atomic mass is 9.47. The van der Waals surface area contributed by atoms with Crippen molar-refractivity contribution in [1.82, 2.24) is 15.2 Å². The summed E-state index contributed by atoms with van der Waals surface area (Å²) in [6.45, 7) is 13.3. The van der Waals surface area contributed by atoms with Crippen molar-refractivity contribution < 1.29 is 52.3 Å². The Balaban J connectivity index is 1.23. The summed E-state index contributed by atoms with van der Waals surface area (Å²) in [5.74, 6) is -2.94. The van der Waals surface area contributed by atoms with E-state index >= 15 is 14.8 Å². The first-order valence-corrected chi connectivity index (χ1v) is 26.4. The summed E-state index contributed by atoms with van der Waals surface area (Å²) in [4.78, 5) is 39.1. The van der Waals surface area contributed by atoms with E-state index < -0.39 is 81.5 Å². The molecule has 2 bridgehead atoms. The quantitative estimate of drug-likeness (QED) is 0.0411. The predicted molar refractivity (Wildman–Crippen MR) is 256 cm³/mol. The van der Waals surface area contributed by atoms with Gasteiger partial charge >= 0.3 is 13.6 Å². The van der Waals surface area contributed by atoms with E-state index in [0.29, 0.717) is 74.6 Å². The number of carbonyl (C=O) groups excluding carboxylic acids is 2. The molecule has 0 radical (unpaired) electrons. The second kappa shape index (κ2) is 16.4. The fourth-order valence-corrected chi connectivity index (χ4v) is 17.2. The summed E-state index contributed by atoms with van der Waals surface area (Å²) in [7, 11) is 0.828. The van der Waals surface area contributed by atoms with Crippen LogP contribution in [0, 0.1) is 22.5 Å². The van der Waals surface area contributed by atoms with Gasteiger partial charge in [-0.25, -0.2) is 0 Å². The van der Waals surface area contributed by atoms with Crippen LogP contribution in [-0.4, -0.2) is 145 Å². The van der Waals surface area contributed by atoms with Crippen LogP contribution in [0.5, 0.6) is 5.75 Å². The summed E-state index contributed by atoms with van der Waals surface area (Å²) >= 11 is 0. The molecule has 1 spiro atoms. The number of benzene rings is 2. The highest BCUT2D eigenvalue weighted by Crippen LogP contribution is 2.68. The minimum Gasteiger partial charge on any atom is -0.633 e. The number of likely N-dealkylation sites (N-methyl/N-ethyl adjacent to an activating group) is 1. The molecular formula is C51H70N5O11P. The molecule has 4 fully saturated rings. The molecule has 1 aromatic heterocycles. The van der Waals surface area contributed by atoms with Crippen molar-refractivity contribution >= 4 is 36.1 Å². The number of aliphatic hydroxyl groups excluding tert-OH is 1. The number of hydrogen-bond acceptors (Lipinski definition) is 13. The number of aromatic amines is 1. The van der Waals surface area contributed by atoms with Crippen LogP contribution in [0.25, 0.3) is 10.9 Å². The number of methoxy groups -OCH3 is 2. The molecule has 16 nitrogen and oxygen atoms in total. The Kier molecular flexibility index (Phi) is 11.5. The van der Waals surface area contributed by atoms with Crippen LogP contribution >= 0.6 is 7.60 Å². The minimum absolute atomic E-state index is 0.0658. The molecule has 12 atom stereocenters. The number of nitrogens with one attached hydrogen (secondary N) is 2. The number of piperidine rings is 1. The van der Waals surface area contributed by atoms with Gasteiger partial charge < -0.3 is 58.5 Å². The fourth-order valence-electron chi connectivity index (χ4n) is 15.1. The van der Waals surface area contributed by atoms with Crippen molar-refractivity contribution in [3.63, 3.8) is 0 Å². The highest BCUT2D eigenvalue weighted by Gasteiger charge is 2.79. The lowest BCUT2D eigenvalue weighted by Gasteiger charge is -2.63. The van der Waals surface area contributed by atoms with Crippen LogP contribution in [0.1, 0.15) is 89.6 Å². The van der Waals surface area contributed by atoms with Gasteiger partial charge in [0.1, 0.15) is 41.3 Å². The van der Waals surface area contributed by atoms with Crippen LogP contribution < -0.4 is 15.0 Å². The van der Waals surface area contributed by atoms with Crippen molar-refractivity contribution in [1.29, 1.82) is 0 Å². The smallest absolute Gasteiger partial charge is 0.352 e. The standard InChI is InChI=1S/C51H70N5O11P/c1-10-47-20-16-22-55-23-21-49(42(47)55)34-25-35(38(63-8)26-37(34)54(7)43(49)51(60,44(47)57)45(58)53-41(30(5)6)68(62,65-12-3)66-13-4)50(46(59)64-9)27-31-28-56(61,29-48(11-2)40(31)67-48)24-19-33-32-17-14-15-18-36(32)52-39(33)50/h14-18,20,25-26,30-31,40-44,52,57,60H,10-13,19,21-24,27-29H2,1-9H3,(H,53,58)/t31-,40+,41-,42-,43+,44+,47+,48-,49+,50-,51-,56-/m0/s1. The monoisotopic (exact) mass is 959 g/mol. The molecule has 2 aromatic carbocycles. The highest BCUT2D eigenvalue weighted by atomic mass is 31.2. The highest BCUT2D eigenvalue weighted by molar-refractivity contribution is 7.54. The fraction of sp³-hybridized carbons (Fsp3) is 0.647. The molecule has 6 aliphatic heterocycles. The molecular weight excluding hydrogens is 890 g/mol. The van der Waals surface area contributed by atoms with Gasteiger partial charge in [-0.3, -0.25) is 19.1 Å². The van der Waals surface area contributed by atoms with E-state index in [1.165, 1.54) is 7.11 Å². The van der Waals surface area contributed by atoms with Gasteiger partial charge in [0, 0.05) is 76.7 Å². The molecule has 68 heavy (non-hydrogen) atoms. The number of ether oxygens (including phenoxy) is 3. The average Bonchev–Trinajstić information content (AvgIpc) is 3.59. The average molecular weight is 960 g/mol. The summed E-state index contributed by atoms with van der Waals surface area (Å²) in [6, 6.07) is 10.4. The largest absolute Gasteiger partial charge is 0.633 e. The number of quaternary nitrogens is 1. The number of H-pyrrole nitrogens is 1. The third-order valence-corrected chi connectivity index (χ3v) is 20.4. The molecule has 3 saturated heterocycles. The lowest BCUT2D eigenvalue weighted by Crippen LogP contribution is -2.82. The third kappa shape index (κ3) is 6.23. The van der Waals surface area contributed by atoms with Crippen LogP contribution in [0.15, 0.2) is 48.6 Å². The molecule has 4 N–H and O–H groups in total. The SMILES string of the molecule is CCOP(=O)(OCC)[C@H](NC(=O)[C@@]1(O)[C@H](O)[C@]2(CC)C=CCN3CC[C@@]4(c5cc([C@@]6(C(=O)OC)C[C@H]7C[N@@+]([O-])(CCc8c6[nH]c6ccccc86)C[C@]6(CC)O[C@H]76)c(OC)cc5N(C)[C@@H]14)[C@@H]32)C(C)C. The number of nitrogens with zero attached hydrogens (tertiary/aromatic N) is 3. The summed E-state index contributed by atoms with van der Waals surface area (Å²) in [6.07, 6.45) is 4.30. The zero-order valence-electron chi connectivity index (χ0n) is 41.0. The van der Waals surface area contributed by atoms with Crippen LogP contribution in [0.2, 0.25) is 0 Å². The number of carbonyl (C=O) groups is 2. The van der Waals surface area contributed by atoms with Crippen LogP contribution in [0.3, 0.4) is 0 Å². The van der Waals surface area contributed by atoms with Gasteiger partial charge in [0.2, 0.25) is 0 Å². The molecule has 0 unspecified atom stereocenters. The van der Waals surface area contributed by atoms with Gasteiger partial charge in [-0.1, -0.05) is 58.0 Å². The number of hydroxylamine groups is 3. The Morgan fingerprint density at radius 2 is 1.81 bits per heavy atom. The number of aliphatic hydroxyl groups is 2. The Morgan fingerprint density at radius 3 is 2.47 bits per heavy atom. The Bertz CT molecular complexity index is 2600. The maximum absolute atomic E-state index is 15.6. The van der Waals surface area contributed by atoms with Crippen molar-refractivity contribution in [2.75, 3.05) is 72.1 Å². The number of anilines is 1. The Labute approximate surface area is 399 Å². The Hall–Kier alpha value is -3.83. The minimum atomic E-state index is -3.98. The molecule has 17 heteroatoms. The summed E-state index contributed by atoms with van der Waals surface area (Å²) in [5.41, 5.74) is -2.44. The topological polar surface area (TPSA) is 198 Å². The second-order valence-corrected chi connectivity index (χ2v) is 23.3. The van der Waals surface area contributed by atoms with Crippen molar-refractivity contribution in [3.8, 4) is 5.75 Å². The maximum atomic E-state index is 15.6. The molecule has 7 heterocycles. The number of esters is 1. The van der Waals surface area contributed by atoms with Crippen LogP contribution in [-0.2, 0) is 49.9 Å². The zero-order valence-corrected chi connectivity index (χ0v) is 41.9. The first kappa shape index (κ1) is 47.8. The predicted octanol–water partition coefficient (Wildman–Crippen LogP) is 5.64. The normalized spacial score (nSPS) is 37.2. The van der Waals surface area contributed by atoms with Gasteiger partial charge in [0.15, 0.2) is 5.60 Å². The number of fused-ring (bicyclic) bond motifs is 8. The molecule has 1 amide bonds. The van der Waals surface area contributed by atoms with Crippen molar-refractivity contribution in [2.24, 2.45) is 17.3 Å². The van der Waals surface area contributed by atoms with Crippen LogP contribution in [0.4, 0.5) is 5.69 Å². The van der Waals surface area contributed by atoms with E-state index in [1.807, 2.05) is 61.4 Å². The molecule has 3 aromatic rings. The molecule has 1 aliphatic carbocycles. The third-order valence-electron chi connectivity index (χ3n) is 17.7. The molecule has 1 saturated carbocycles. The summed E-state index contributed by atoms with van der Waals surface area (Å²) < 4.78 is 44.7. The molecule has 7 aliphatic rings. The number of rotatable bonds is 13. The van der Waals surface area contributed by atoms with E-state index in [-0.39, 0.29) is 38.2 Å². The maximum Gasteiger partial charge on any atom is 0.352 e. The molecule has 370 valence electrons. The van der Waals surface area contributed by atoms with Gasteiger partial charge in [-0.15, -0.1) is 0 Å². The molecule has 10 rings (SSSR count). The summed E-state index contributed by atoms with van der Waals surface area (Å²) in [5, 5.41) is 45.8. The van der Waals surface area contributed by atoms with Gasteiger partial charge in [-0.05, 0) is 75.3 Å². The van der Waals surface area contributed by atoms with Crippen molar-refractivity contribution in [3.05, 3.63) is 76.1 Å². The zero-order chi connectivity index (χ0) is 48.6. The van der Waals surface area contributed by atoms with Gasteiger partial charge in [0.05, 0.1) is 46.6 Å². The van der Waals surface area contributed by atoms with E-state index in [4.69, 9.17) is 23.3 Å². The number of epoxide rings is 1. The van der Waals surface area contributed by atoms with E-state index in [0.717, 1.165) is 22.0 Å². The number of para-hydroxylation sites is 1. The lowest BCUT2D eigenvalue weighted by molar-refractivity contribution is -0.890.